The Bertz CT molecular complexity index is 661. The number of rotatable bonds is 4. The van der Waals surface area contributed by atoms with Crippen LogP contribution in [0.15, 0.2) is 21.5 Å². The topological polar surface area (TPSA) is 72.5 Å². The van der Waals surface area contributed by atoms with Crippen molar-refractivity contribution in [2.24, 2.45) is 5.92 Å². The van der Waals surface area contributed by atoms with Crippen molar-refractivity contribution in [3.8, 4) is 0 Å². The van der Waals surface area contributed by atoms with E-state index in [0.29, 0.717) is 19.8 Å². The number of benzene rings is 1. The highest BCUT2D eigenvalue weighted by Gasteiger charge is 2.22. The number of nitrogens with one attached hydrogen (secondary N) is 1. The van der Waals surface area contributed by atoms with Gasteiger partial charge in [-0.3, -0.25) is 4.79 Å². The van der Waals surface area contributed by atoms with E-state index in [2.05, 4.69) is 21.2 Å². The van der Waals surface area contributed by atoms with Crippen LogP contribution in [0.3, 0.4) is 0 Å². The molecule has 1 aromatic rings. The standard InChI is InChI=1S/C12H12BrClFNO4S/c13-9-4-10(15)11(21(14,18)19)3-8(9)12(17)16-5-7-1-2-20-6-7/h3-4,7H,1-2,5-6H2,(H,16,17). The van der Waals surface area contributed by atoms with E-state index >= 15 is 0 Å². The lowest BCUT2D eigenvalue weighted by atomic mass is 10.1. The first kappa shape index (κ1) is 16.7. The molecule has 1 saturated heterocycles. The van der Waals surface area contributed by atoms with Crippen LogP contribution in [0.2, 0.25) is 0 Å². The second-order valence-corrected chi connectivity index (χ2v) is 8.03. The van der Waals surface area contributed by atoms with Crippen LogP contribution < -0.4 is 5.32 Å². The second kappa shape index (κ2) is 6.60. The summed E-state index contributed by atoms with van der Waals surface area (Å²) in [5, 5.41) is 2.67. The van der Waals surface area contributed by atoms with Gasteiger partial charge in [0.1, 0.15) is 10.7 Å². The summed E-state index contributed by atoms with van der Waals surface area (Å²) in [4.78, 5) is 11.3. The molecule has 1 amide bonds. The van der Waals surface area contributed by atoms with Crippen molar-refractivity contribution in [1.82, 2.24) is 5.32 Å². The number of carbonyl (C=O) groups is 1. The molecule has 0 spiro atoms. The average molecular weight is 401 g/mol. The van der Waals surface area contributed by atoms with Crippen LogP contribution in [0, 0.1) is 11.7 Å². The van der Waals surface area contributed by atoms with Crippen LogP contribution in [0.4, 0.5) is 4.39 Å². The van der Waals surface area contributed by atoms with Gasteiger partial charge in [0.25, 0.3) is 15.0 Å². The summed E-state index contributed by atoms with van der Waals surface area (Å²) in [6.07, 6.45) is 0.853. The van der Waals surface area contributed by atoms with E-state index in [0.717, 1.165) is 18.6 Å². The van der Waals surface area contributed by atoms with E-state index in [1.165, 1.54) is 0 Å². The second-order valence-electron chi connectivity index (χ2n) is 4.64. The Hall–Kier alpha value is -0.700. The molecule has 0 radical (unpaired) electrons. The lowest BCUT2D eigenvalue weighted by Gasteiger charge is -2.11. The monoisotopic (exact) mass is 399 g/mol. The number of amides is 1. The summed E-state index contributed by atoms with van der Waals surface area (Å²) >= 11 is 3.04. The molecule has 0 aliphatic carbocycles. The zero-order chi connectivity index (χ0) is 15.6. The van der Waals surface area contributed by atoms with Crippen LogP contribution >= 0.6 is 26.6 Å². The van der Waals surface area contributed by atoms with Gasteiger partial charge in [-0.25, -0.2) is 12.8 Å². The summed E-state index contributed by atoms with van der Waals surface area (Å²) in [5.41, 5.74) is 0.00883. The predicted octanol–water partition coefficient (Wildman–Crippen LogP) is 2.28. The minimum Gasteiger partial charge on any atom is -0.381 e. The molecule has 1 aliphatic rings. The normalized spacial score (nSPS) is 18.7. The molecule has 0 bridgehead atoms. The van der Waals surface area contributed by atoms with E-state index in [1.54, 1.807) is 0 Å². The Balaban J connectivity index is 2.20. The van der Waals surface area contributed by atoms with Crippen LogP contribution in [-0.4, -0.2) is 34.1 Å². The quantitative estimate of drug-likeness (QED) is 0.787. The number of halogens is 3. The molecule has 1 atom stereocenters. The van der Waals surface area contributed by atoms with Crippen molar-refractivity contribution >= 4 is 41.6 Å². The molecule has 0 saturated carbocycles. The molecular formula is C12H12BrClFNO4S. The van der Waals surface area contributed by atoms with Crippen molar-refractivity contribution in [3.05, 3.63) is 28.0 Å². The number of ether oxygens (including phenoxy) is 1. The maximum Gasteiger partial charge on any atom is 0.264 e. The zero-order valence-electron chi connectivity index (χ0n) is 10.7. The van der Waals surface area contributed by atoms with Crippen LogP contribution in [-0.2, 0) is 13.8 Å². The molecule has 21 heavy (non-hydrogen) atoms. The van der Waals surface area contributed by atoms with Gasteiger partial charge < -0.3 is 10.1 Å². The molecule has 1 aliphatic heterocycles. The molecule has 1 aromatic carbocycles. The first-order chi connectivity index (χ1) is 9.79. The Labute approximate surface area is 134 Å². The third kappa shape index (κ3) is 4.15. The molecule has 1 fully saturated rings. The van der Waals surface area contributed by atoms with E-state index in [1.807, 2.05) is 0 Å². The first-order valence-corrected chi connectivity index (χ1v) is 9.19. The largest absolute Gasteiger partial charge is 0.381 e. The lowest BCUT2D eigenvalue weighted by molar-refractivity contribution is 0.0944. The van der Waals surface area contributed by atoms with E-state index in [-0.39, 0.29) is 16.0 Å². The van der Waals surface area contributed by atoms with Gasteiger partial charge in [-0.1, -0.05) is 0 Å². The molecule has 0 aromatic heterocycles. The highest BCUT2D eigenvalue weighted by molar-refractivity contribution is 9.10. The molecule has 116 valence electrons. The van der Waals surface area contributed by atoms with Crippen LogP contribution in [0.25, 0.3) is 0 Å². The van der Waals surface area contributed by atoms with Crippen molar-refractivity contribution in [1.29, 1.82) is 0 Å². The molecule has 5 nitrogen and oxygen atoms in total. The Morgan fingerprint density at radius 1 is 1.52 bits per heavy atom. The summed E-state index contributed by atoms with van der Waals surface area (Å²) in [5.74, 6) is -1.29. The maximum atomic E-state index is 13.6. The van der Waals surface area contributed by atoms with Crippen molar-refractivity contribution in [3.63, 3.8) is 0 Å². The van der Waals surface area contributed by atoms with Crippen LogP contribution in [0.5, 0.6) is 0 Å². The highest BCUT2D eigenvalue weighted by Crippen LogP contribution is 2.26. The SMILES string of the molecule is O=C(NCC1CCOC1)c1cc(S(=O)(=O)Cl)c(F)cc1Br. The fraction of sp³-hybridized carbons (Fsp3) is 0.417. The van der Waals surface area contributed by atoms with Gasteiger partial charge in [-0.05, 0) is 34.5 Å². The number of hydrogen-bond acceptors (Lipinski definition) is 4. The summed E-state index contributed by atoms with van der Waals surface area (Å²) in [7, 11) is 0.882. The van der Waals surface area contributed by atoms with Gasteiger partial charge in [-0.2, -0.15) is 0 Å². The Morgan fingerprint density at radius 2 is 2.24 bits per heavy atom. The van der Waals surface area contributed by atoms with Gasteiger partial charge in [-0.15, -0.1) is 0 Å². The summed E-state index contributed by atoms with van der Waals surface area (Å²) in [6, 6.07) is 1.82. The van der Waals surface area contributed by atoms with Gasteiger partial charge >= 0.3 is 0 Å². The van der Waals surface area contributed by atoms with Gasteiger partial charge in [0.15, 0.2) is 0 Å². The number of hydrogen-bond donors (Lipinski definition) is 1. The highest BCUT2D eigenvalue weighted by atomic mass is 79.9. The molecule has 2 rings (SSSR count). The Morgan fingerprint density at radius 3 is 2.81 bits per heavy atom. The summed E-state index contributed by atoms with van der Waals surface area (Å²) in [6.45, 7) is 1.65. The number of carbonyl (C=O) groups excluding carboxylic acids is 1. The van der Waals surface area contributed by atoms with Crippen molar-refractivity contribution in [2.75, 3.05) is 19.8 Å². The van der Waals surface area contributed by atoms with Gasteiger partial charge in [0, 0.05) is 34.2 Å². The maximum absolute atomic E-state index is 13.6. The first-order valence-electron chi connectivity index (χ1n) is 6.08. The molecule has 1 N–H and O–H groups in total. The lowest BCUT2D eigenvalue weighted by Crippen LogP contribution is -2.30. The molecule has 9 heteroatoms. The van der Waals surface area contributed by atoms with Gasteiger partial charge in [0.2, 0.25) is 0 Å². The Kier molecular flexibility index (Phi) is 5.24. The van der Waals surface area contributed by atoms with Crippen LogP contribution in [0.1, 0.15) is 16.8 Å². The minimum atomic E-state index is -4.26. The minimum absolute atomic E-state index is 0.00883. The molecule has 1 heterocycles. The third-order valence-electron chi connectivity index (χ3n) is 3.10. The van der Waals surface area contributed by atoms with Gasteiger partial charge in [0.05, 0.1) is 12.2 Å². The van der Waals surface area contributed by atoms with E-state index in [4.69, 9.17) is 15.4 Å². The third-order valence-corrected chi connectivity index (χ3v) is 5.10. The van der Waals surface area contributed by atoms with Crippen molar-refractivity contribution < 1.29 is 22.3 Å². The summed E-state index contributed by atoms with van der Waals surface area (Å²) < 4.78 is 41.5. The fourth-order valence-electron chi connectivity index (χ4n) is 1.97. The fourth-order valence-corrected chi connectivity index (χ4v) is 3.37. The van der Waals surface area contributed by atoms with Crippen molar-refractivity contribution in [2.45, 2.75) is 11.3 Å². The van der Waals surface area contributed by atoms with E-state index < -0.39 is 25.7 Å². The zero-order valence-corrected chi connectivity index (χ0v) is 13.9. The smallest absolute Gasteiger partial charge is 0.264 e. The molecule has 1 unspecified atom stereocenters. The average Bonchev–Trinajstić information content (AvgIpc) is 2.87. The predicted molar refractivity (Wildman–Crippen MR) is 78.4 cm³/mol. The van der Waals surface area contributed by atoms with E-state index in [9.17, 15) is 17.6 Å². The molecular weight excluding hydrogens is 389 g/mol.